The maximum Gasteiger partial charge on any atom is 0.327 e. The summed E-state index contributed by atoms with van der Waals surface area (Å²) >= 11 is 0. The van der Waals surface area contributed by atoms with Gasteiger partial charge in [-0.05, 0) is 49.1 Å². The van der Waals surface area contributed by atoms with Crippen molar-refractivity contribution in [3.63, 3.8) is 0 Å². The number of carbonyl (C=O) groups is 2. The highest BCUT2D eigenvalue weighted by Crippen LogP contribution is 2.37. The van der Waals surface area contributed by atoms with Crippen LogP contribution in [0.1, 0.15) is 24.1 Å². The number of hydrogen-bond donors (Lipinski definition) is 0. The second kappa shape index (κ2) is 10.6. The van der Waals surface area contributed by atoms with Gasteiger partial charge in [0.05, 0.1) is 6.61 Å². The second-order valence-electron chi connectivity index (χ2n) is 9.48. The zero-order valence-electron chi connectivity index (χ0n) is 20.8. The first-order chi connectivity index (χ1) is 17.6. The van der Waals surface area contributed by atoms with Gasteiger partial charge in [0.2, 0.25) is 0 Å². The molecule has 1 aromatic carbocycles. The normalized spacial score (nSPS) is 17.9. The molecule has 3 aromatic rings. The fourth-order valence-electron chi connectivity index (χ4n) is 5.42. The van der Waals surface area contributed by atoms with Crippen LogP contribution >= 0.6 is 0 Å². The molecule has 2 aromatic heterocycles. The lowest BCUT2D eigenvalue weighted by Gasteiger charge is -2.42. The Bertz CT molecular complexity index is 1170. The lowest BCUT2D eigenvalue weighted by atomic mass is 9.85. The first-order valence-corrected chi connectivity index (χ1v) is 12.6. The van der Waals surface area contributed by atoms with E-state index in [9.17, 15) is 9.59 Å². The van der Waals surface area contributed by atoms with Crippen molar-refractivity contribution in [1.29, 1.82) is 0 Å². The van der Waals surface area contributed by atoms with Crippen molar-refractivity contribution < 1.29 is 14.3 Å². The Labute approximate surface area is 212 Å². The summed E-state index contributed by atoms with van der Waals surface area (Å²) in [6, 6.07) is 19.8. The Morgan fingerprint density at radius 1 is 0.944 bits per heavy atom. The second-order valence-corrected chi connectivity index (χ2v) is 9.48. The first-order valence-electron chi connectivity index (χ1n) is 12.6. The Morgan fingerprint density at radius 2 is 1.72 bits per heavy atom. The van der Waals surface area contributed by atoms with Gasteiger partial charge in [0.1, 0.15) is 11.4 Å². The molecule has 0 radical (unpaired) electrons. The Balaban J connectivity index is 1.29. The molecule has 0 atom stereocenters. The fourth-order valence-corrected chi connectivity index (χ4v) is 5.42. The van der Waals surface area contributed by atoms with E-state index >= 15 is 0 Å². The number of benzene rings is 1. The molecule has 8 heteroatoms. The van der Waals surface area contributed by atoms with Crippen molar-refractivity contribution in [1.82, 2.24) is 24.3 Å². The highest BCUT2D eigenvalue weighted by atomic mass is 16.5. The zero-order valence-corrected chi connectivity index (χ0v) is 20.8. The third-order valence-corrected chi connectivity index (χ3v) is 7.41. The third-order valence-electron chi connectivity index (χ3n) is 7.41. The largest absolute Gasteiger partial charge is 0.383 e. The quantitative estimate of drug-likeness (QED) is 0.433. The van der Waals surface area contributed by atoms with Gasteiger partial charge in [-0.2, -0.15) is 0 Å². The number of rotatable bonds is 9. The van der Waals surface area contributed by atoms with Crippen molar-refractivity contribution in [2.24, 2.45) is 0 Å². The number of ether oxygens (including phenoxy) is 1. The first kappa shape index (κ1) is 24.2. The Morgan fingerprint density at radius 3 is 2.44 bits per heavy atom. The summed E-state index contributed by atoms with van der Waals surface area (Å²) in [6.45, 7) is 3.47. The van der Waals surface area contributed by atoms with Crippen LogP contribution in [-0.2, 0) is 22.5 Å². The van der Waals surface area contributed by atoms with Crippen molar-refractivity contribution in [2.45, 2.75) is 31.3 Å². The summed E-state index contributed by atoms with van der Waals surface area (Å²) in [7, 11) is 1.63. The van der Waals surface area contributed by atoms with E-state index in [0.29, 0.717) is 39.0 Å². The number of imide groups is 1. The van der Waals surface area contributed by atoms with Crippen LogP contribution in [0, 0.1) is 0 Å². The molecule has 0 aliphatic carbocycles. The van der Waals surface area contributed by atoms with Crippen LogP contribution in [0.2, 0.25) is 0 Å². The summed E-state index contributed by atoms with van der Waals surface area (Å²) < 4.78 is 7.39. The van der Waals surface area contributed by atoms with E-state index in [1.54, 1.807) is 18.2 Å². The number of amides is 3. The van der Waals surface area contributed by atoms with Crippen LogP contribution in [0.15, 0.2) is 73.1 Å². The SMILES string of the molecule is COCCN1C(=O)N(CCc2ccccc2)C(=O)C12CCN(Cc1cccn1-c1ccccn1)CC2. The number of likely N-dealkylation sites (tertiary alicyclic amines) is 1. The van der Waals surface area contributed by atoms with Crippen molar-refractivity contribution in [2.75, 3.05) is 39.9 Å². The van der Waals surface area contributed by atoms with Gasteiger partial charge in [0, 0.05) is 57.9 Å². The van der Waals surface area contributed by atoms with Crippen molar-refractivity contribution in [3.8, 4) is 5.82 Å². The summed E-state index contributed by atoms with van der Waals surface area (Å²) in [4.78, 5) is 37.2. The molecule has 0 N–H and O–H groups in total. The van der Waals surface area contributed by atoms with Crippen LogP contribution in [-0.4, -0.2) is 81.6 Å². The monoisotopic (exact) mass is 487 g/mol. The van der Waals surface area contributed by atoms with Crippen LogP contribution in [0.5, 0.6) is 0 Å². The standard InChI is InChI=1S/C28H33N5O3/c1-36-21-20-33-27(35)32(17-12-23-8-3-2-4-9-23)26(34)28(33)13-18-30(19-14-28)22-24-10-7-16-31(24)25-11-5-6-15-29-25/h2-11,15-16H,12-14,17-22H2,1H3. The van der Waals surface area contributed by atoms with Crippen molar-refractivity contribution >= 4 is 11.9 Å². The van der Waals surface area contributed by atoms with Gasteiger partial charge in [0.25, 0.3) is 5.91 Å². The Kier molecular flexibility index (Phi) is 7.16. The molecule has 3 amide bonds. The van der Waals surface area contributed by atoms with Gasteiger partial charge < -0.3 is 14.2 Å². The molecule has 1 spiro atoms. The summed E-state index contributed by atoms with van der Waals surface area (Å²) in [5.41, 5.74) is 1.48. The number of piperidine rings is 1. The lowest BCUT2D eigenvalue weighted by molar-refractivity contribution is -0.135. The van der Waals surface area contributed by atoms with E-state index in [2.05, 4.69) is 20.5 Å². The van der Waals surface area contributed by atoms with Crippen LogP contribution in [0.3, 0.4) is 0 Å². The molecule has 188 valence electrons. The molecule has 2 aliphatic rings. The van der Waals surface area contributed by atoms with Gasteiger partial charge in [-0.15, -0.1) is 0 Å². The minimum Gasteiger partial charge on any atom is -0.383 e. The summed E-state index contributed by atoms with van der Waals surface area (Å²) in [6.07, 6.45) is 5.72. The average molecular weight is 488 g/mol. The van der Waals surface area contributed by atoms with Gasteiger partial charge in [-0.3, -0.25) is 14.6 Å². The number of hydrogen-bond acceptors (Lipinski definition) is 5. The van der Waals surface area contributed by atoms with Crippen LogP contribution in [0.4, 0.5) is 4.79 Å². The van der Waals surface area contributed by atoms with Gasteiger partial charge in [0.15, 0.2) is 0 Å². The predicted octanol–water partition coefficient (Wildman–Crippen LogP) is 3.36. The van der Waals surface area contributed by atoms with E-state index in [0.717, 1.165) is 36.7 Å². The summed E-state index contributed by atoms with van der Waals surface area (Å²) in [5, 5.41) is 0. The zero-order chi connectivity index (χ0) is 25.0. The van der Waals surface area contributed by atoms with Gasteiger partial charge >= 0.3 is 6.03 Å². The molecule has 2 aliphatic heterocycles. The average Bonchev–Trinajstić information content (AvgIpc) is 3.45. The molecule has 4 heterocycles. The number of methoxy groups -OCH3 is 1. The molecular formula is C28H33N5O3. The van der Waals surface area contributed by atoms with E-state index in [1.165, 1.54) is 4.90 Å². The number of pyridine rings is 1. The highest BCUT2D eigenvalue weighted by molar-refractivity contribution is 6.07. The van der Waals surface area contributed by atoms with E-state index in [-0.39, 0.29) is 11.9 Å². The molecule has 2 fully saturated rings. The number of carbonyl (C=O) groups excluding carboxylic acids is 2. The molecule has 5 rings (SSSR count). The Hall–Kier alpha value is -3.49. The maximum atomic E-state index is 13.7. The molecule has 2 saturated heterocycles. The smallest absolute Gasteiger partial charge is 0.327 e. The number of urea groups is 1. The van der Waals surface area contributed by atoms with Crippen LogP contribution in [0.25, 0.3) is 5.82 Å². The molecule has 0 bridgehead atoms. The van der Waals surface area contributed by atoms with E-state index in [1.807, 2.05) is 60.8 Å². The molecule has 8 nitrogen and oxygen atoms in total. The topological polar surface area (TPSA) is 70.9 Å². The highest BCUT2D eigenvalue weighted by Gasteiger charge is 2.57. The molecular weight excluding hydrogens is 454 g/mol. The third kappa shape index (κ3) is 4.66. The predicted molar refractivity (Wildman–Crippen MR) is 137 cm³/mol. The van der Waals surface area contributed by atoms with Gasteiger partial charge in [-0.25, -0.2) is 9.78 Å². The van der Waals surface area contributed by atoms with E-state index in [4.69, 9.17) is 4.74 Å². The minimum absolute atomic E-state index is 0.0592. The minimum atomic E-state index is -0.786. The lowest BCUT2D eigenvalue weighted by Crippen LogP contribution is -2.57. The number of nitrogens with zero attached hydrogens (tertiary/aromatic N) is 5. The van der Waals surface area contributed by atoms with Crippen LogP contribution < -0.4 is 0 Å². The maximum absolute atomic E-state index is 13.7. The van der Waals surface area contributed by atoms with Crippen molar-refractivity contribution in [3.05, 3.63) is 84.3 Å². The van der Waals surface area contributed by atoms with E-state index < -0.39 is 5.54 Å². The molecule has 0 saturated carbocycles. The molecule has 36 heavy (non-hydrogen) atoms. The number of aromatic nitrogens is 2. The molecule has 0 unspecified atom stereocenters. The van der Waals surface area contributed by atoms with Gasteiger partial charge in [-0.1, -0.05) is 36.4 Å². The fraction of sp³-hybridized carbons (Fsp3) is 0.393. The summed E-state index contributed by atoms with van der Waals surface area (Å²) in [5.74, 6) is 0.832.